The van der Waals surface area contributed by atoms with Crippen molar-refractivity contribution < 1.29 is 4.92 Å². The quantitative estimate of drug-likeness (QED) is 0.290. The van der Waals surface area contributed by atoms with Crippen LogP contribution in [0.5, 0.6) is 0 Å². The first-order valence-electron chi connectivity index (χ1n) is 5.63. The minimum atomic E-state index is -0.484. The van der Waals surface area contributed by atoms with Crippen LogP contribution in [-0.2, 0) is 0 Å². The van der Waals surface area contributed by atoms with Crippen molar-refractivity contribution in [3.63, 3.8) is 0 Å². The molecule has 0 bridgehead atoms. The highest BCUT2D eigenvalue weighted by Gasteiger charge is 2.10. The Hall–Kier alpha value is -1.82. The molecule has 0 heterocycles. The van der Waals surface area contributed by atoms with E-state index in [-0.39, 0.29) is 11.4 Å². The van der Waals surface area contributed by atoms with Gasteiger partial charge in [-0.2, -0.15) is 0 Å². The molecule has 0 aromatic heterocycles. The van der Waals surface area contributed by atoms with Gasteiger partial charge in [-0.15, -0.1) is 0 Å². The molecule has 1 aromatic carbocycles. The van der Waals surface area contributed by atoms with Gasteiger partial charge in [0.1, 0.15) is 5.69 Å². The van der Waals surface area contributed by atoms with E-state index in [1.807, 2.05) is 0 Å². The summed E-state index contributed by atoms with van der Waals surface area (Å²) >= 11 is 0. The van der Waals surface area contributed by atoms with E-state index in [2.05, 4.69) is 17.6 Å². The van der Waals surface area contributed by atoms with Crippen LogP contribution >= 0.6 is 0 Å². The third-order valence-electron chi connectivity index (χ3n) is 2.28. The normalized spacial score (nSPS) is 10.2. The van der Waals surface area contributed by atoms with Gasteiger partial charge in [0.25, 0.3) is 5.69 Å². The van der Waals surface area contributed by atoms with Crippen LogP contribution in [0.15, 0.2) is 18.2 Å². The van der Waals surface area contributed by atoms with Crippen LogP contribution in [0.3, 0.4) is 0 Å². The van der Waals surface area contributed by atoms with Crippen molar-refractivity contribution in [3.05, 3.63) is 28.3 Å². The molecular weight excluding hydrogens is 220 g/mol. The average Bonchev–Trinajstić information content (AvgIpc) is 2.28. The summed E-state index contributed by atoms with van der Waals surface area (Å²) in [4.78, 5) is 10.1. The number of nitrogens with zero attached hydrogens (tertiary/aromatic N) is 1. The molecule has 0 saturated carbocycles. The lowest BCUT2D eigenvalue weighted by molar-refractivity contribution is -0.383. The summed E-state index contributed by atoms with van der Waals surface area (Å²) in [5, 5.41) is 17.0. The van der Waals surface area contributed by atoms with Crippen molar-refractivity contribution in [2.45, 2.75) is 13.3 Å². The predicted octanol–water partition coefficient (Wildman–Crippen LogP) is 1.59. The number of nitrogens with one attached hydrogen (secondary N) is 2. The molecule has 0 spiro atoms. The van der Waals surface area contributed by atoms with Crippen molar-refractivity contribution in [2.75, 3.05) is 30.7 Å². The number of nitrogen functional groups attached to an aromatic ring is 1. The van der Waals surface area contributed by atoms with Gasteiger partial charge < -0.3 is 16.4 Å². The molecule has 0 atom stereocenters. The van der Waals surface area contributed by atoms with Crippen molar-refractivity contribution in [1.82, 2.24) is 5.32 Å². The van der Waals surface area contributed by atoms with Gasteiger partial charge in [0.15, 0.2) is 0 Å². The fourth-order valence-corrected chi connectivity index (χ4v) is 1.43. The van der Waals surface area contributed by atoms with Crippen molar-refractivity contribution in [1.29, 1.82) is 0 Å². The van der Waals surface area contributed by atoms with E-state index in [1.54, 1.807) is 12.1 Å². The van der Waals surface area contributed by atoms with Crippen molar-refractivity contribution in [3.8, 4) is 0 Å². The molecule has 94 valence electrons. The second kappa shape index (κ2) is 6.70. The lowest BCUT2D eigenvalue weighted by Crippen LogP contribution is -2.22. The number of hydrogen-bond donors (Lipinski definition) is 3. The summed E-state index contributed by atoms with van der Waals surface area (Å²) < 4.78 is 0. The SMILES string of the molecule is CCCNCCNc1ccc([N+](=O)[O-])c(N)c1. The van der Waals surface area contributed by atoms with E-state index in [4.69, 9.17) is 5.73 Å². The lowest BCUT2D eigenvalue weighted by Gasteiger charge is -2.07. The minimum Gasteiger partial charge on any atom is -0.393 e. The Labute approximate surface area is 100 Å². The van der Waals surface area contributed by atoms with Crippen LogP contribution < -0.4 is 16.4 Å². The Morgan fingerprint density at radius 2 is 2.12 bits per heavy atom. The molecule has 4 N–H and O–H groups in total. The number of nitro benzene ring substituents is 1. The van der Waals surface area contributed by atoms with Crippen LogP contribution in [0.1, 0.15) is 13.3 Å². The number of hydrogen-bond acceptors (Lipinski definition) is 5. The Morgan fingerprint density at radius 3 is 2.71 bits per heavy atom. The fourth-order valence-electron chi connectivity index (χ4n) is 1.43. The predicted molar refractivity (Wildman–Crippen MR) is 69.2 cm³/mol. The van der Waals surface area contributed by atoms with E-state index in [0.29, 0.717) is 0 Å². The van der Waals surface area contributed by atoms with Gasteiger partial charge in [0.05, 0.1) is 4.92 Å². The van der Waals surface area contributed by atoms with E-state index in [9.17, 15) is 10.1 Å². The van der Waals surface area contributed by atoms with Crippen LogP contribution in [-0.4, -0.2) is 24.6 Å². The average molecular weight is 238 g/mol. The van der Waals surface area contributed by atoms with E-state index < -0.39 is 4.92 Å². The molecule has 0 unspecified atom stereocenters. The first kappa shape index (κ1) is 13.2. The zero-order valence-corrected chi connectivity index (χ0v) is 9.90. The van der Waals surface area contributed by atoms with Gasteiger partial charge in [0.2, 0.25) is 0 Å². The summed E-state index contributed by atoms with van der Waals surface area (Å²) in [5.41, 5.74) is 6.50. The van der Waals surface area contributed by atoms with Gasteiger partial charge >= 0.3 is 0 Å². The standard InChI is InChI=1S/C11H18N4O2/c1-2-5-13-6-7-14-9-3-4-11(15(16)17)10(12)8-9/h3-4,8,13-14H,2,5-7,12H2,1H3. The summed E-state index contributed by atoms with van der Waals surface area (Å²) in [6, 6.07) is 4.66. The molecule has 0 aliphatic rings. The monoisotopic (exact) mass is 238 g/mol. The topological polar surface area (TPSA) is 93.2 Å². The zero-order valence-electron chi connectivity index (χ0n) is 9.90. The van der Waals surface area contributed by atoms with Gasteiger partial charge in [-0.3, -0.25) is 10.1 Å². The molecule has 17 heavy (non-hydrogen) atoms. The highest BCUT2D eigenvalue weighted by atomic mass is 16.6. The molecule has 0 amide bonds. The number of benzene rings is 1. The molecule has 6 nitrogen and oxygen atoms in total. The molecular formula is C11H18N4O2. The van der Waals surface area contributed by atoms with Crippen LogP contribution in [0.4, 0.5) is 17.1 Å². The molecule has 0 radical (unpaired) electrons. The Bertz CT molecular complexity index is 382. The maximum Gasteiger partial charge on any atom is 0.292 e. The van der Waals surface area contributed by atoms with Gasteiger partial charge in [-0.1, -0.05) is 6.92 Å². The van der Waals surface area contributed by atoms with Crippen LogP contribution in [0.25, 0.3) is 0 Å². The summed E-state index contributed by atoms with van der Waals surface area (Å²) in [7, 11) is 0. The van der Waals surface area contributed by atoms with Gasteiger partial charge in [-0.05, 0) is 25.1 Å². The molecule has 1 aromatic rings. The van der Waals surface area contributed by atoms with E-state index >= 15 is 0 Å². The Morgan fingerprint density at radius 1 is 1.35 bits per heavy atom. The third kappa shape index (κ3) is 4.28. The first-order valence-corrected chi connectivity index (χ1v) is 5.63. The molecule has 0 fully saturated rings. The van der Waals surface area contributed by atoms with Crippen molar-refractivity contribution >= 4 is 17.1 Å². The first-order chi connectivity index (χ1) is 8.15. The van der Waals surface area contributed by atoms with Crippen LogP contribution in [0, 0.1) is 10.1 Å². The van der Waals surface area contributed by atoms with Crippen molar-refractivity contribution in [2.24, 2.45) is 0 Å². The molecule has 0 aliphatic heterocycles. The fraction of sp³-hybridized carbons (Fsp3) is 0.455. The number of nitro groups is 1. The van der Waals surface area contributed by atoms with E-state index in [0.717, 1.165) is 31.7 Å². The molecule has 1 rings (SSSR count). The lowest BCUT2D eigenvalue weighted by atomic mass is 10.2. The maximum atomic E-state index is 10.6. The maximum absolute atomic E-state index is 10.6. The minimum absolute atomic E-state index is 0.0559. The summed E-state index contributed by atoms with van der Waals surface area (Å²) in [6.07, 6.45) is 1.10. The number of rotatable bonds is 7. The second-order valence-electron chi connectivity index (χ2n) is 3.71. The Kier molecular flexibility index (Phi) is 5.22. The summed E-state index contributed by atoms with van der Waals surface area (Å²) in [6.45, 7) is 4.71. The van der Waals surface area contributed by atoms with Crippen LogP contribution in [0.2, 0.25) is 0 Å². The zero-order chi connectivity index (χ0) is 12.7. The summed E-state index contributed by atoms with van der Waals surface area (Å²) in [5.74, 6) is 0. The van der Waals surface area contributed by atoms with E-state index in [1.165, 1.54) is 6.07 Å². The smallest absolute Gasteiger partial charge is 0.292 e. The molecule has 6 heteroatoms. The Balaban J connectivity index is 2.45. The van der Waals surface area contributed by atoms with Gasteiger partial charge in [-0.25, -0.2) is 0 Å². The third-order valence-corrected chi connectivity index (χ3v) is 2.28. The number of nitrogens with two attached hydrogens (primary N) is 1. The highest BCUT2D eigenvalue weighted by Crippen LogP contribution is 2.24. The van der Waals surface area contributed by atoms with Gasteiger partial charge in [0, 0.05) is 24.8 Å². The number of anilines is 2. The largest absolute Gasteiger partial charge is 0.393 e. The molecule has 0 aliphatic carbocycles. The second-order valence-corrected chi connectivity index (χ2v) is 3.71. The molecule has 0 saturated heterocycles. The highest BCUT2D eigenvalue weighted by molar-refractivity contribution is 5.65.